The zero-order chi connectivity index (χ0) is 16.9. The van der Waals surface area contributed by atoms with Crippen molar-refractivity contribution in [3.8, 4) is 0 Å². The highest BCUT2D eigenvalue weighted by atomic mass is 19.1. The van der Waals surface area contributed by atoms with Crippen LogP contribution in [-0.2, 0) is 9.59 Å². The second-order valence-electron chi connectivity index (χ2n) is 5.42. The summed E-state index contributed by atoms with van der Waals surface area (Å²) in [5.74, 6) is -1.19. The Labute approximate surface area is 138 Å². The zero-order valence-corrected chi connectivity index (χ0v) is 13.0. The highest BCUT2D eigenvalue weighted by molar-refractivity contribution is 6.39. The Balaban J connectivity index is 1.55. The fourth-order valence-electron chi connectivity index (χ4n) is 2.57. The number of amides is 2. The number of halogens is 1. The molecule has 0 radical (unpaired) electrons. The Morgan fingerprint density at radius 1 is 1.00 bits per heavy atom. The summed E-state index contributed by atoms with van der Waals surface area (Å²) >= 11 is 0. The van der Waals surface area contributed by atoms with Crippen molar-refractivity contribution in [3.05, 3.63) is 54.5 Å². The van der Waals surface area contributed by atoms with Crippen molar-refractivity contribution in [3.63, 3.8) is 0 Å². The number of nitrogens with one attached hydrogen (secondary N) is 1. The van der Waals surface area contributed by atoms with Crippen LogP contribution in [0.2, 0.25) is 0 Å². The van der Waals surface area contributed by atoms with E-state index in [1.807, 2.05) is 0 Å². The molecule has 0 aliphatic carbocycles. The number of aromatic nitrogens is 1. The lowest BCUT2D eigenvalue weighted by Crippen LogP contribution is -2.51. The maximum Gasteiger partial charge on any atom is 0.315 e. The molecule has 2 aromatic rings. The maximum absolute atomic E-state index is 13.0. The molecule has 1 saturated heterocycles. The fraction of sp³-hybridized carbons (Fsp3) is 0.235. The van der Waals surface area contributed by atoms with E-state index in [-0.39, 0.29) is 5.82 Å². The molecule has 7 heteroatoms. The highest BCUT2D eigenvalue weighted by Gasteiger charge is 2.26. The van der Waals surface area contributed by atoms with E-state index < -0.39 is 11.8 Å². The van der Waals surface area contributed by atoms with Crippen LogP contribution >= 0.6 is 0 Å². The standard InChI is InChI=1S/C17H17FN4O2/c18-13-4-6-14(7-5-13)21-9-11-22(12-10-21)17(24)16(23)20-15-3-1-2-8-19-15/h1-8H,9-12H2,(H,19,20,23). The molecule has 0 saturated carbocycles. The Morgan fingerprint density at radius 3 is 2.33 bits per heavy atom. The summed E-state index contributed by atoms with van der Waals surface area (Å²) in [7, 11) is 0. The molecule has 2 amide bonds. The lowest BCUT2D eigenvalue weighted by atomic mass is 10.2. The van der Waals surface area contributed by atoms with Crippen LogP contribution in [0, 0.1) is 5.82 Å². The van der Waals surface area contributed by atoms with Gasteiger partial charge in [0.2, 0.25) is 0 Å². The van der Waals surface area contributed by atoms with E-state index in [4.69, 9.17) is 0 Å². The minimum atomic E-state index is -0.691. The van der Waals surface area contributed by atoms with Crippen molar-refractivity contribution >= 4 is 23.3 Å². The molecule has 0 bridgehead atoms. The van der Waals surface area contributed by atoms with Gasteiger partial charge in [0, 0.05) is 38.1 Å². The Morgan fingerprint density at radius 2 is 1.71 bits per heavy atom. The Kier molecular flexibility index (Phi) is 4.69. The van der Waals surface area contributed by atoms with E-state index in [9.17, 15) is 14.0 Å². The second-order valence-corrected chi connectivity index (χ2v) is 5.42. The Bertz CT molecular complexity index is 713. The van der Waals surface area contributed by atoms with Gasteiger partial charge in [0.1, 0.15) is 11.6 Å². The third-order valence-corrected chi connectivity index (χ3v) is 3.86. The quantitative estimate of drug-likeness (QED) is 0.849. The summed E-state index contributed by atoms with van der Waals surface area (Å²) in [4.78, 5) is 31.7. The largest absolute Gasteiger partial charge is 0.368 e. The SMILES string of the molecule is O=C(Nc1ccccn1)C(=O)N1CCN(c2ccc(F)cc2)CC1. The smallest absolute Gasteiger partial charge is 0.315 e. The van der Waals surface area contributed by atoms with Gasteiger partial charge in [0.05, 0.1) is 0 Å². The van der Waals surface area contributed by atoms with Crippen molar-refractivity contribution in [2.75, 3.05) is 36.4 Å². The van der Waals surface area contributed by atoms with Crippen LogP contribution < -0.4 is 10.2 Å². The molecule has 1 N–H and O–H groups in total. The summed E-state index contributed by atoms with van der Waals surface area (Å²) in [5.41, 5.74) is 0.904. The van der Waals surface area contributed by atoms with Gasteiger partial charge < -0.3 is 15.1 Å². The van der Waals surface area contributed by atoms with Crippen LogP contribution in [0.4, 0.5) is 15.9 Å². The van der Waals surface area contributed by atoms with Crippen LogP contribution in [0.5, 0.6) is 0 Å². The Hall–Kier alpha value is -2.96. The van der Waals surface area contributed by atoms with Gasteiger partial charge in [-0.05, 0) is 36.4 Å². The van der Waals surface area contributed by atoms with Crippen LogP contribution in [0.1, 0.15) is 0 Å². The number of rotatable bonds is 2. The third-order valence-electron chi connectivity index (χ3n) is 3.86. The van der Waals surface area contributed by atoms with E-state index in [2.05, 4.69) is 15.2 Å². The van der Waals surface area contributed by atoms with Crippen LogP contribution in [0.15, 0.2) is 48.7 Å². The number of benzene rings is 1. The number of pyridine rings is 1. The molecule has 0 unspecified atom stereocenters. The summed E-state index contributed by atoms with van der Waals surface area (Å²) < 4.78 is 13.0. The molecule has 2 heterocycles. The number of hydrogen-bond donors (Lipinski definition) is 1. The van der Waals surface area contributed by atoms with Gasteiger partial charge >= 0.3 is 11.8 Å². The first-order valence-electron chi connectivity index (χ1n) is 7.65. The fourth-order valence-corrected chi connectivity index (χ4v) is 2.57. The predicted molar refractivity (Wildman–Crippen MR) is 88.1 cm³/mol. The van der Waals surface area contributed by atoms with Crippen molar-refractivity contribution in [1.82, 2.24) is 9.88 Å². The van der Waals surface area contributed by atoms with E-state index in [0.717, 1.165) is 5.69 Å². The minimum Gasteiger partial charge on any atom is -0.368 e. The second kappa shape index (κ2) is 7.08. The molecule has 0 atom stereocenters. The van der Waals surface area contributed by atoms with Crippen molar-refractivity contribution in [2.45, 2.75) is 0 Å². The number of carbonyl (C=O) groups excluding carboxylic acids is 2. The van der Waals surface area contributed by atoms with Crippen molar-refractivity contribution in [1.29, 1.82) is 0 Å². The topological polar surface area (TPSA) is 65.5 Å². The number of carbonyl (C=O) groups is 2. The number of anilines is 2. The van der Waals surface area contributed by atoms with E-state index in [1.54, 1.807) is 36.5 Å². The van der Waals surface area contributed by atoms with Gasteiger partial charge in [-0.3, -0.25) is 9.59 Å². The van der Waals surface area contributed by atoms with E-state index in [0.29, 0.717) is 32.0 Å². The summed E-state index contributed by atoms with van der Waals surface area (Å²) in [6.45, 7) is 2.06. The van der Waals surface area contributed by atoms with Crippen LogP contribution in [0.3, 0.4) is 0 Å². The molecule has 0 spiro atoms. The molecule has 1 fully saturated rings. The first-order valence-corrected chi connectivity index (χ1v) is 7.65. The van der Waals surface area contributed by atoms with Gasteiger partial charge in [-0.15, -0.1) is 0 Å². The van der Waals surface area contributed by atoms with Crippen LogP contribution in [-0.4, -0.2) is 47.9 Å². The van der Waals surface area contributed by atoms with Crippen molar-refractivity contribution in [2.24, 2.45) is 0 Å². The lowest BCUT2D eigenvalue weighted by Gasteiger charge is -2.35. The molecular weight excluding hydrogens is 311 g/mol. The summed E-state index contributed by atoms with van der Waals surface area (Å²) in [5, 5.41) is 2.49. The molecule has 1 aliphatic rings. The zero-order valence-electron chi connectivity index (χ0n) is 13.0. The van der Waals surface area contributed by atoms with Gasteiger partial charge in [-0.1, -0.05) is 6.07 Å². The molecule has 6 nitrogen and oxygen atoms in total. The lowest BCUT2D eigenvalue weighted by molar-refractivity contribution is -0.143. The number of nitrogens with zero attached hydrogens (tertiary/aromatic N) is 3. The summed E-state index contributed by atoms with van der Waals surface area (Å²) in [6.07, 6.45) is 1.54. The summed E-state index contributed by atoms with van der Waals surface area (Å²) in [6, 6.07) is 11.3. The minimum absolute atomic E-state index is 0.279. The maximum atomic E-state index is 13.0. The molecule has 124 valence electrons. The van der Waals surface area contributed by atoms with Crippen molar-refractivity contribution < 1.29 is 14.0 Å². The van der Waals surface area contributed by atoms with Gasteiger partial charge in [0.15, 0.2) is 0 Å². The predicted octanol–water partition coefficient (Wildman–Crippen LogP) is 1.51. The molecule has 1 aliphatic heterocycles. The normalized spacial score (nSPS) is 14.4. The third kappa shape index (κ3) is 3.68. The van der Waals surface area contributed by atoms with Gasteiger partial charge in [0.25, 0.3) is 0 Å². The molecule has 24 heavy (non-hydrogen) atoms. The van der Waals surface area contributed by atoms with Gasteiger partial charge in [-0.25, -0.2) is 9.37 Å². The van der Waals surface area contributed by atoms with Gasteiger partial charge in [-0.2, -0.15) is 0 Å². The molecule has 1 aromatic heterocycles. The van der Waals surface area contributed by atoms with Crippen LogP contribution in [0.25, 0.3) is 0 Å². The van der Waals surface area contributed by atoms with E-state index in [1.165, 1.54) is 17.0 Å². The molecule has 3 rings (SSSR count). The number of piperazine rings is 1. The molecule has 1 aromatic carbocycles. The average Bonchev–Trinajstić information content (AvgIpc) is 2.63. The molecular formula is C17H17FN4O2. The first kappa shape index (κ1) is 15.9. The first-order chi connectivity index (χ1) is 11.6. The highest BCUT2D eigenvalue weighted by Crippen LogP contribution is 2.17. The average molecular weight is 328 g/mol. The monoisotopic (exact) mass is 328 g/mol. The van der Waals surface area contributed by atoms with E-state index >= 15 is 0 Å². The number of hydrogen-bond acceptors (Lipinski definition) is 4.